The van der Waals surface area contributed by atoms with Crippen molar-refractivity contribution in [2.45, 2.75) is 19.8 Å². The highest BCUT2D eigenvalue weighted by Crippen LogP contribution is 2.39. The normalized spacial score (nSPS) is 18.0. The fourth-order valence-electron chi connectivity index (χ4n) is 3.37. The largest absolute Gasteiger partial charge is 0.466 e. The summed E-state index contributed by atoms with van der Waals surface area (Å²) in [6.45, 7) is 3.37. The van der Waals surface area contributed by atoms with Crippen LogP contribution in [0.1, 0.15) is 29.4 Å². The van der Waals surface area contributed by atoms with Gasteiger partial charge in [-0.3, -0.25) is 9.59 Å². The van der Waals surface area contributed by atoms with E-state index in [1.807, 2.05) is 30.0 Å². The number of piperidine rings is 1. The number of hydrogen-bond acceptors (Lipinski definition) is 5. The molecule has 130 valence electrons. The molecule has 1 aromatic carbocycles. The zero-order chi connectivity index (χ0) is 17.4. The van der Waals surface area contributed by atoms with Gasteiger partial charge in [0.1, 0.15) is 0 Å². The molecule has 4 rings (SSSR count). The van der Waals surface area contributed by atoms with Crippen molar-refractivity contribution in [2.75, 3.05) is 19.7 Å². The number of benzene rings is 1. The first kappa shape index (κ1) is 16.5. The minimum Gasteiger partial charge on any atom is -0.466 e. The van der Waals surface area contributed by atoms with Gasteiger partial charge in [0.15, 0.2) is 0 Å². The predicted octanol–water partition coefficient (Wildman–Crippen LogP) is 4.53. The van der Waals surface area contributed by atoms with Gasteiger partial charge in [0.2, 0.25) is 0 Å². The van der Waals surface area contributed by atoms with Crippen molar-refractivity contribution in [3.63, 3.8) is 0 Å². The summed E-state index contributed by atoms with van der Waals surface area (Å²) >= 11 is 3.28. The summed E-state index contributed by atoms with van der Waals surface area (Å²) in [5, 5.41) is 1.22. The van der Waals surface area contributed by atoms with Crippen LogP contribution in [0.15, 0.2) is 30.3 Å². The van der Waals surface area contributed by atoms with Gasteiger partial charge in [-0.1, -0.05) is 18.2 Å². The Bertz CT molecular complexity index is 943. The molecule has 0 unspecified atom stereocenters. The highest BCUT2D eigenvalue weighted by atomic mass is 32.1. The first-order chi connectivity index (χ1) is 12.2. The van der Waals surface area contributed by atoms with Crippen LogP contribution >= 0.6 is 22.7 Å². The molecule has 0 N–H and O–H groups in total. The lowest BCUT2D eigenvalue weighted by molar-refractivity contribution is -0.149. The van der Waals surface area contributed by atoms with E-state index < -0.39 is 0 Å². The molecule has 1 aliphatic heterocycles. The van der Waals surface area contributed by atoms with E-state index in [9.17, 15) is 9.59 Å². The second-order valence-electron chi connectivity index (χ2n) is 6.24. The third kappa shape index (κ3) is 3.04. The molecule has 1 amide bonds. The van der Waals surface area contributed by atoms with Gasteiger partial charge in [0, 0.05) is 27.9 Å². The number of rotatable bonds is 3. The minimum atomic E-state index is -0.195. The van der Waals surface area contributed by atoms with Crippen LogP contribution in [-0.4, -0.2) is 36.5 Å². The Morgan fingerprint density at radius 1 is 1.24 bits per heavy atom. The summed E-state index contributed by atoms with van der Waals surface area (Å²) in [6.07, 6.45) is 1.64. The molecule has 25 heavy (non-hydrogen) atoms. The van der Waals surface area contributed by atoms with E-state index >= 15 is 0 Å². The zero-order valence-electron chi connectivity index (χ0n) is 14.0. The number of ether oxygens (including phenoxy) is 1. The Balaban J connectivity index is 1.57. The van der Waals surface area contributed by atoms with Gasteiger partial charge in [-0.05, 0) is 31.9 Å². The van der Waals surface area contributed by atoms with Crippen LogP contribution in [0.3, 0.4) is 0 Å². The summed E-state index contributed by atoms with van der Waals surface area (Å²) in [4.78, 5) is 27.5. The average molecular weight is 373 g/mol. The van der Waals surface area contributed by atoms with Crippen LogP contribution in [0, 0.1) is 5.92 Å². The highest BCUT2D eigenvalue weighted by molar-refractivity contribution is 7.33. The molecule has 3 aromatic rings. The molecule has 0 saturated carbocycles. The quantitative estimate of drug-likeness (QED) is 0.634. The van der Waals surface area contributed by atoms with E-state index in [-0.39, 0.29) is 17.8 Å². The maximum absolute atomic E-state index is 12.9. The van der Waals surface area contributed by atoms with Gasteiger partial charge in [-0.2, -0.15) is 0 Å². The summed E-state index contributed by atoms with van der Waals surface area (Å²) in [5.74, 6) is -0.343. The Morgan fingerprint density at radius 3 is 2.92 bits per heavy atom. The standard InChI is InChI=1S/C19H19NO3S2/c1-2-23-19(22)12-6-5-9-20(11-12)18(21)16-10-15-17(25-16)13-7-3-4-8-14(13)24-15/h3-4,7-8,10,12H,2,5-6,9,11H2,1H3/t12-/m0/s1. The van der Waals surface area contributed by atoms with Crippen molar-refractivity contribution in [2.24, 2.45) is 5.92 Å². The third-order valence-corrected chi connectivity index (χ3v) is 6.99. The number of carbonyl (C=O) groups is 2. The van der Waals surface area contributed by atoms with Crippen LogP contribution < -0.4 is 0 Å². The van der Waals surface area contributed by atoms with Gasteiger partial charge in [-0.15, -0.1) is 22.7 Å². The molecule has 3 heterocycles. The number of carbonyl (C=O) groups excluding carboxylic acids is 2. The Kier molecular flexibility index (Phi) is 4.48. The third-order valence-electron chi connectivity index (χ3n) is 4.59. The fraction of sp³-hybridized carbons (Fsp3) is 0.368. The van der Waals surface area contributed by atoms with Crippen LogP contribution in [0.4, 0.5) is 0 Å². The van der Waals surface area contributed by atoms with Gasteiger partial charge < -0.3 is 9.64 Å². The lowest BCUT2D eigenvalue weighted by Gasteiger charge is -2.31. The molecule has 1 aliphatic rings. The molecule has 0 bridgehead atoms. The molecular formula is C19H19NO3S2. The number of likely N-dealkylation sites (tertiary alicyclic amines) is 1. The van der Waals surface area contributed by atoms with E-state index in [1.54, 1.807) is 22.7 Å². The molecule has 1 saturated heterocycles. The average Bonchev–Trinajstić information content (AvgIpc) is 3.19. The van der Waals surface area contributed by atoms with Gasteiger partial charge in [0.25, 0.3) is 5.91 Å². The van der Waals surface area contributed by atoms with E-state index in [0.717, 1.165) is 22.4 Å². The van der Waals surface area contributed by atoms with E-state index in [0.29, 0.717) is 19.7 Å². The van der Waals surface area contributed by atoms with Gasteiger partial charge in [0.05, 0.1) is 22.1 Å². The number of thiophene rings is 2. The number of amides is 1. The van der Waals surface area contributed by atoms with E-state index in [4.69, 9.17) is 4.74 Å². The van der Waals surface area contributed by atoms with Crippen molar-refractivity contribution in [3.8, 4) is 0 Å². The predicted molar refractivity (Wildman–Crippen MR) is 102 cm³/mol. The summed E-state index contributed by atoms with van der Waals surface area (Å²) < 4.78 is 8.72. The fourth-order valence-corrected chi connectivity index (χ4v) is 5.87. The molecule has 4 nitrogen and oxygen atoms in total. The second-order valence-corrected chi connectivity index (χ2v) is 8.38. The second kappa shape index (κ2) is 6.77. The number of hydrogen-bond donors (Lipinski definition) is 0. The van der Waals surface area contributed by atoms with Crippen LogP contribution in [-0.2, 0) is 9.53 Å². The summed E-state index contributed by atoms with van der Waals surface area (Å²) in [7, 11) is 0. The molecule has 6 heteroatoms. The highest BCUT2D eigenvalue weighted by Gasteiger charge is 2.30. The zero-order valence-corrected chi connectivity index (χ0v) is 15.6. The molecular weight excluding hydrogens is 354 g/mol. The molecule has 1 atom stereocenters. The molecule has 0 aliphatic carbocycles. The summed E-state index contributed by atoms with van der Waals surface area (Å²) in [5.41, 5.74) is 0. The maximum Gasteiger partial charge on any atom is 0.310 e. The molecule has 0 spiro atoms. The SMILES string of the molecule is CCOC(=O)[C@H]1CCCN(C(=O)c2cc3sc4ccccc4c3s2)C1. The topological polar surface area (TPSA) is 46.6 Å². The Hall–Kier alpha value is -1.92. The first-order valence-electron chi connectivity index (χ1n) is 8.54. The van der Waals surface area contributed by atoms with Crippen LogP contribution in [0.2, 0.25) is 0 Å². The number of esters is 1. The maximum atomic E-state index is 12.9. The van der Waals surface area contributed by atoms with Crippen LogP contribution in [0.5, 0.6) is 0 Å². The van der Waals surface area contributed by atoms with Crippen LogP contribution in [0.25, 0.3) is 19.5 Å². The Labute approximate surface area is 154 Å². The van der Waals surface area contributed by atoms with Crippen molar-refractivity contribution in [1.29, 1.82) is 0 Å². The van der Waals surface area contributed by atoms with E-state index in [2.05, 4.69) is 12.1 Å². The lowest BCUT2D eigenvalue weighted by Crippen LogP contribution is -2.42. The van der Waals surface area contributed by atoms with E-state index in [1.165, 1.54) is 14.8 Å². The van der Waals surface area contributed by atoms with Crippen molar-refractivity contribution >= 4 is 54.0 Å². The first-order valence-corrected chi connectivity index (χ1v) is 10.2. The molecule has 1 fully saturated rings. The Morgan fingerprint density at radius 2 is 2.08 bits per heavy atom. The van der Waals surface area contributed by atoms with Crippen molar-refractivity contribution in [1.82, 2.24) is 4.90 Å². The van der Waals surface area contributed by atoms with Crippen molar-refractivity contribution < 1.29 is 14.3 Å². The smallest absolute Gasteiger partial charge is 0.310 e. The van der Waals surface area contributed by atoms with Gasteiger partial charge in [-0.25, -0.2) is 0 Å². The molecule has 0 radical (unpaired) electrons. The number of nitrogens with zero attached hydrogens (tertiary/aromatic N) is 1. The number of fused-ring (bicyclic) bond motifs is 3. The van der Waals surface area contributed by atoms with Gasteiger partial charge >= 0.3 is 5.97 Å². The van der Waals surface area contributed by atoms with Crippen molar-refractivity contribution in [3.05, 3.63) is 35.2 Å². The minimum absolute atomic E-state index is 0.0338. The summed E-state index contributed by atoms with van der Waals surface area (Å²) in [6, 6.07) is 10.3. The monoisotopic (exact) mass is 373 g/mol. The lowest BCUT2D eigenvalue weighted by atomic mass is 9.98. The molecule has 2 aromatic heterocycles.